The standard InChI is InChI=1S/C18H17F3N4O2S/c1-11-3-8-14(24-13-6-4-12(5-7-13)18(19,20)21)16(17(11)28(22,26)27)15-9-25(2)10-23-15/h3-10,24H,1-2H3,(H2,22,26,27). The van der Waals surface area contributed by atoms with Gasteiger partial charge in [0.05, 0.1) is 22.5 Å². The van der Waals surface area contributed by atoms with Crippen molar-refractivity contribution in [3.63, 3.8) is 0 Å². The molecule has 3 N–H and O–H groups in total. The lowest BCUT2D eigenvalue weighted by atomic mass is 10.1. The Balaban J connectivity index is 2.13. The molecule has 1 heterocycles. The minimum absolute atomic E-state index is 0.0943. The van der Waals surface area contributed by atoms with E-state index in [4.69, 9.17) is 5.14 Å². The summed E-state index contributed by atoms with van der Waals surface area (Å²) in [5, 5.41) is 8.38. The van der Waals surface area contributed by atoms with Crippen molar-refractivity contribution >= 4 is 21.4 Å². The molecule has 0 atom stereocenters. The molecule has 10 heteroatoms. The first-order chi connectivity index (χ1) is 13.0. The quantitative estimate of drug-likeness (QED) is 0.685. The van der Waals surface area contributed by atoms with E-state index in [1.807, 2.05) is 0 Å². The molecule has 3 aromatic rings. The molecule has 0 unspecified atom stereocenters. The number of sulfonamides is 1. The summed E-state index contributed by atoms with van der Waals surface area (Å²) in [6.45, 7) is 1.61. The van der Waals surface area contributed by atoms with Gasteiger partial charge in [-0.2, -0.15) is 13.2 Å². The number of aromatic nitrogens is 2. The first-order valence-electron chi connectivity index (χ1n) is 8.06. The molecular formula is C18H17F3N4O2S. The summed E-state index contributed by atoms with van der Waals surface area (Å²) in [5.74, 6) is 0. The fourth-order valence-electron chi connectivity index (χ4n) is 2.85. The molecule has 3 rings (SSSR count). The molecule has 148 valence electrons. The second-order valence-electron chi connectivity index (χ2n) is 6.30. The molecule has 6 nitrogen and oxygen atoms in total. The smallest absolute Gasteiger partial charge is 0.355 e. The van der Waals surface area contributed by atoms with E-state index in [-0.39, 0.29) is 10.5 Å². The van der Waals surface area contributed by atoms with E-state index >= 15 is 0 Å². The minimum Gasteiger partial charge on any atom is -0.355 e. The Morgan fingerprint density at radius 3 is 2.25 bits per heavy atom. The summed E-state index contributed by atoms with van der Waals surface area (Å²) in [6, 6.07) is 7.61. The van der Waals surface area contributed by atoms with Crippen LogP contribution in [0.15, 0.2) is 53.8 Å². The van der Waals surface area contributed by atoms with Gasteiger partial charge in [-0.15, -0.1) is 0 Å². The van der Waals surface area contributed by atoms with Crippen LogP contribution in [-0.2, 0) is 23.2 Å². The van der Waals surface area contributed by atoms with Gasteiger partial charge in [0.15, 0.2) is 0 Å². The number of halogens is 3. The third kappa shape index (κ3) is 4.02. The Labute approximate surface area is 159 Å². The van der Waals surface area contributed by atoms with Gasteiger partial charge in [-0.1, -0.05) is 6.07 Å². The summed E-state index contributed by atoms with van der Waals surface area (Å²) in [4.78, 5) is 4.11. The van der Waals surface area contributed by atoms with Gasteiger partial charge in [0.2, 0.25) is 10.0 Å². The maximum absolute atomic E-state index is 12.8. The molecular weight excluding hydrogens is 393 g/mol. The van der Waals surface area contributed by atoms with E-state index in [0.717, 1.165) is 12.1 Å². The Kier molecular flexibility index (Phi) is 4.94. The van der Waals surface area contributed by atoms with Gasteiger partial charge in [-0.25, -0.2) is 18.5 Å². The minimum atomic E-state index is -4.44. The number of nitrogens with zero attached hydrogens (tertiary/aromatic N) is 2. The van der Waals surface area contributed by atoms with Crippen LogP contribution >= 0.6 is 0 Å². The largest absolute Gasteiger partial charge is 0.416 e. The van der Waals surface area contributed by atoms with Crippen molar-refractivity contribution in [2.75, 3.05) is 5.32 Å². The predicted molar refractivity (Wildman–Crippen MR) is 99.5 cm³/mol. The van der Waals surface area contributed by atoms with E-state index in [2.05, 4.69) is 10.3 Å². The monoisotopic (exact) mass is 410 g/mol. The molecule has 2 aromatic carbocycles. The zero-order valence-electron chi connectivity index (χ0n) is 14.9. The lowest BCUT2D eigenvalue weighted by Crippen LogP contribution is -2.16. The summed E-state index contributed by atoms with van der Waals surface area (Å²) in [5.41, 5.74) is 0.980. The molecule has 0 saturated heterocycles. The average Bonchev–Trinajstić information content (AvgIpc) is 3.01. The molecule has 0 spiro atoms. The van der Waals surface area contributed by atoms with Crippen LogP contribution in [0.3, 0.4) is 0 Å². The molecule has 1 aromatic heterocycles. The fraction of sp³-hybridized carbons (Fsp3) is 0.167. The number of benzene rings is 2. The van der Waals surface area contributed by atoms with E-state index in [1.54, 1.807) is 36.9 Å². The third-order valence-electron chi connectivity index (χ3n) is 4.09. The van der Waals surface area contributed by atoms with E-state index in [0.29, 0.717) is 22.6 Å². The molecule has 0 aliphatic carbocycles. The Hall–Kier alpha value is -2.85. The first kappa shape index (κ1) is 19.9. The van der Waals surface area contributed by atoms with E-state index in [1.165, 1.54) is 18.5 Å². The molecule has 28 heavy (non-hydrogen) atoms. The number of alkyl halides is 3. The Morgan fingerprint density at radius 1 is 1.11 bits per heavy atom. The molecule has 0 aliphatic rings. The highest BCUT2D eigenvalue weighted by Crippen LogP contribution is 2.37. The normalized spacial score (nSPS) is 12.2. The maximum Gasteiger partial charge on any atom is 0.416 e. The number of nitrogens with two attached hydrogens (primary N) is 1. The van der Waals surface area contributed by atoms with Crippen LogP contribution in [0.2, 0.25) is 0 Å². The summed E-state index contributed by atoms with van der Waals surface area (Å²) < 4.78 is 64.3. The fourth-order valence-corrected chi connectivity index (χ4v) is 3.87. The highest BCUT2D eigenvalue weighted by molar-refractivity contribution is 7.89. The van der Waals surface area contributed by atoms with Crippen LogP contribution in [0.25, 0.3) is 11.3 Å². The average molecular weight is 410 g/mol. The van der Waals surface area contributed by atoms with Gasteiger partial charge < -0.3 is 9.88 Å². The highest BCUT2D eigenvalue weighted by atomic mass is 32.2. The summed E-state index contributed by atoms with van der Waals surface area (Å²) >= 11 is 0. The van der Waals surface area contributed by atoms with Crippen LogP contribution in [0.5, 0.6) is 0 Å². The number of rotatable bonds is 4. The van der Waals surface area contributed by atoms with Gasteiger partial charge in [-0.05, 0) is 42.8 Å². The van der Waals surface area contributed by atoms with E-state index < -0.39 is 21.8 Å². The number of anilines is 2. The summed E-state index contributed by atoms with van der Waals surface area (Å²) in [7, 11) is -2.35. The lowest BCUT2D eigenvalue weighted by Gasteiger charge is -2.16. The van der Waals surface area contributed by atoms with Crippen LogP contribution in [-0.4, -0.2) is 18.0 Å². The van der Waals surface area contributed by atoms with Gasteiger partial charge in [0, 0.05) is 30.2 Å². The molecule has 0 radical (unpaired) electrons. The van der Waals surface area contributed by atoms with Crippen molar-refractivity contribution in [2.24, 2.45) is 12.2 Å². The van der Waals surface area contributed by atoms with Crippen LogP contribution in [0.4, 0.5) is 24.5 Å². The highest BCUT2D eigenvalue weighted by Gasteiger charge is 2.30. The number of imidazole rings is 1. The van der Waals surface area contributed by atoms with Gasteiger partial charge >= 0.3 is 6.18 Å². The SMILES string of the molecule is Cc1ccc(Nc2ccc(C(F)(F)F)cc2)c(-c2cn(C)cn2)c1S(N)(=O)=O. The number of hydrogen-bond donors (Lipinski definition) is 2. The van der Waals surface area contributed by atoms with Crippen LogP contribution in [0.1, 0.15) is 11.1 Å². The molecule has 0 amide bonds. The second kappa shape index (κ2) is 6.95. The van der Waals surface area contributed by atoms with Gasteiger partial charge in [0.1, 0.15) is 0 Å². The molecule has 0 fully saturated rings. The maximum atomic E-state index is 12.8. The van der Waals surface area contributed by atoms with E-state index in [9.17, 15) is 21.6 Å². The van der Waals surface area contributed by atoms with Crippen molar-refractivity contribution in [1.82, 2.24) is 9.55 Å². The van der Waals surface area contributed by atoms with Crippen LogP contribution in [0, 0.1) is 6.92 Å². The molecule has 0 aliphatic heterocycles. The topological polar surface area (TPSA) is 90.0 Å². The lowest BCUT2D eigenvalue weighted by molar-refractivity contribution is -0.137. The Morgan fingerprint density at radius 2 is 1.75 bits per heavy atom. The first-order valence-corrected chi connectivity index (χ1v) is 9.60. The zero-order chi connectivity index (χ0) is 20.7. The van der Waals surface area contributed by atoms with Crippen molar-refractivity contribution in [3.8, 4) is 11.3 Å². The Bertz CT molecular complexity index is 1120. The second-order valence-corrected chi connectivity index (χ2v) is 7.80. The van der Waals surface area contributed by atoms with Crippen molar-refractivity contribution in [3.05, 3.63) is 60.0 Å². The number of primary sulfonamides is 1. The molecule has 0 saturated carbocycles. The number of nitrogens with one attached hydrogen (secondary N) is 1. The number of aryl methyl sites for hydroxylation is 2. The zero-order valence-corrected chi connectivity index (χ0v) is 15.8. The van der Waals surface area contributed by atoms with Crippen molar-refractivity contribution < 1.29 is 21.6 Å². The van der Waals surface area contributed by atoms with Gasteiger partial charge in [-0.3, -0.25) is 0 Å². The third-order valence-corrected chi connectivity index (χ3v) is 5.19. The number of hydrogen-bond acceptors (Lipinski definition) is 4. The predicted octanol–water partition coefficient (Wildman–Crippen LogP) is 3.81. The van der Waals surface area contributed by atoms with Gasteiger partial charge in [0.25, 0.3) is 0 Å². The van der Waals surface area contributed by atoms with Crippen molar-refractivity contribution in [1.29, 1.82) is 0 Å². The van der Waals surface area contributed by atoms with Crippen LogP contribution < -0.4 is 10.5 Å². The van der Waals surface area contributed by atoms with Crippen molar-refractivity contribution in [2.45, 2.75) is 18.0 Å². The molecule has 0 bridgehead atoms. The summed E-state index contributed by atoms with van der Waals surface area (Å²) in [6.07, 6.45) is -1.31.